The van der Waals surface area contributed by atoms with Crippen LogP contribution >= 0.6 is 0 Å². The smallest absolute Gasteiger partial charge is 0.321 e. The quantitative estimate of drug-likeness (QED) is 0.574. The van der Waals surface area contributed by atoms with E-state index in [2.05, 4.69) is 15.5 Å². The Kier molecular flexibility index (Phi) is 8.43. The molecule has 2 N–H and O–H groups in total. The summed E-state index contributed by atoms with van der Waals surface area (Å²) in [5.74, 6) is 0.727. The molecular weight excluding hydrogens is 430 g/mol. The normalized spacial score (nSPS) is 20.6. The van der Waals surface area contributed by atoms with Crippen LogP contribution in [-0.2, 0) is 9.59 Å². The van der Waals surface area contributed by atoms with E-state index in [1.54, 1.807) is 0 Å². The lowest BCUT2D eigenvalue weighted by Crippen LogP contribution is -2.58. The zero-order chi connectivity index (χ0) is 23.9. The number of likely N-dealkylation sites (tertiary alicyclic amines) is 1. The first kappa shape index (κ1) is 24.5. The molecule has 4 amide bonds. The van der Waals surface area contributed by atoms with Crippen LogP contribution in [0.15, 0.2) is 24.3 Å². The van der Waals surface area contributed by atoms with Gasteiger partial charge in [0.2, 0.25) is 11.8 Å². The first-order valence-electron chi connectivity index (χ1n) is 12.9. The van der Waals surface area contributed by atoms with Crippen molar-refractivity contribution in [2.75, 3.05) is 51.1 Å². The zero-order valence-electron chi connectivity index (χ0n) is 20.4. The number of anilines is 1. The monoisotopic (exact) mass is 469 g/mol. The topological polar surface area (TPSA) is 85.0 Å². The number of rotatable bonds is 8. The molecule has 1 atom stereocenters. The largest absolute Gasteiger partial charge is 0.355 e. The van der Waals surface area contributed by atoms with Gasteiger partial charge in [-0.25, -0.2) is 4.79 Å². The summed E-state index contributed by atoms with van der Waals surface area (Å²) in [7, 11) is 0. The molecule has 2 saturated heterocycles. The lowest BCUT2D eigenvalue weighted by molar-refractivity contribution is -0.129. The van der Waals surface area contributed by atoms with E-state index in [1.165, 1.54) is 12.8 Å². The van der Waals surface area contributed by atoms with Crippen LogP contribution in [0.25, 0.3) is 0 Å². The number of benzene rings is 1. The Balaban J connectivity index is 1.26. The first-order valence-corrected chi connectivity index (χ1v) is 12.9. The Bertz CT molecular complexity index is 844. The van der Waals surface area contributed by atoms with E-state index in [0.29, 0.717) is 45.1 Å². The van der Waals surface area contributed by atoms with Crippen LogP contribution in [0.2, 0.25) is 0 Å². The van der Waals surface area contributed by atoms with Crippen LogP contribution in [0.3, 0.4) is 0 Å². The third-order valence-electron chi connectivity index (χ3n) is 7.49. The highest BCUT2D eigenvalue weighted by molar-refractivity contribution is 5.89. The zero-order valence-corrected chi connectivity index (χ0v) is 20.4. The molecule has 8 heteroatoms. The summed E-state index contributed by atoms with van der Waals surface area (Å²) in [5, 5.41) is 6.14. The van der Waals surface area contributed by atoms with Gasteiger partial charge in [0.1, 0.15) is 0 Å². The number of aryl methyl sites for hydroxylation is 1. The van der Waals surface area contributed by atoms with Gasteiger partial charge in [-0.05, 0) is 50.7 Å². The molecule has 1 aromatic rings. The molecular formula is C26H39N5O3. The van der Waals surface area contributed by atoms with Crippen LogP contribution in [0.5, 0.6) is 0 Å². The highest BCUT2D eigenvalue weighted by Crippen LogP contribution is 2.31. The molecule has 8 nitrogen and oxygen atoms in total. The van der Waals surface area contributed by atoms with E-state index in [0.717, 1.165) is 50.0 Å². The SMILES string of the molecule is Cc1ccc(NC(=O)N2CCN([C@@H](C(=O)NCCCN3CCCC3=O)C3CCCC3)CC2)cc1. The number of urea groups is 1. The van der Waals surface area contributed by atoms with Crippen molar-refractivity contribution in [1.29, 1.82) is 0 Å². The van der Waals surface area contributed by atoms with Crippen molar-refractivity contribution in [3.05, 3.63) is 29.8 Å². The second-order valence-corrected chi connectivity index (χ2v) is 9.94. The Labute approximate surface area is 203 Å². The van der Waals surface area contributed by atoms with Crippen molar-refractivity contribution in [1.82, 2.24) is 20.0 Å². The third-order valence-corrected chi connectivity index (χ3v) is 7.49. The fourth-order valence-electron chi connectivity index (χ4n) is 5.52. The number of nitrogens with zero attached hydrogens (tertiary/aromatic N) is 3. The van der Waals surface area contributed by atoms with Crippen LogP contribution in [0.1, 0.15) is 50.5 Å². The van der Waals surface area contributed by atoms with Crippen molar-refractivity contribution >= 4 is 23.5 Å². The van der Waals surface area contributed by atoms with E-state index in [-0.39, 0.29) is 23.9 Å². The molecule has 3 aliphatic rings. The van der Waals surface area contributed by atoms with Crippen LogP contribution in [0.4, 0.5) is 10.5 Å². The van der Waals surface area contributed by atoms with Gasteiger partial charge in [-0.15, -0.1) is 0 Å². The van der Waals surface area contributed by atoms with Crippen LogP contribution < -0.4 is 10.6 Å². The molecule has 1 aromatic carbocycles. The Hall–Kier alpha value is -2.61. The molecule has 3 fully saturated rings. The lowest BCUT2D eigenvalue weighted by Gasteiger charge is -2.40. The van der Waals surface area contributed by atoms with Crippen molar-refractivity contribution < 1.29 is 14.4 Å². The summed E-state index contributed by atoms with van der Waals surface area (Å²) in [6.45, 7) is 6.84. The molecule has 2 aliphatic heterocycles. The summed E-state index contributed by atoms with van der Waals surface area (Å²) in [5.41, 5.74) is 1.96. The number of piperazine rings is 1. The third kappa shape index (κ3) is 6.29. The highest BCUT2D eigenvalue weighted by Gasteiger charge is 2.37. The second kappa shape index (κ2) is 11.7. The number of amides is 4. The summed E-state index contributed by atoms with van der Waals surface area (Å²) >= 11 is 0. The van der Waals surface area contributed by atoms with Gasteiger partial charge in [0.15, 0.2) is 0 Å². The minimum absolute atomic E-state index is 0.0816. The molecule has 4 rings (SSSR count). The Morgan fingerprint density at radius 3 is 2.35 bits per heavy atom. The van der Waals surface area contributed by atoms with Gasteiger partial charge in [0.25, 0.3) is 0 Å². The van der Waals surface area contributed by atoms with Crippen molar-refractivity contribution in [3.63, 3.8) is 0 Å². The second-order valence-electron chi connectivity index (χ2n) is 9.94. The molecule has 34 heavy (non-hydrogen) atoms. The maximum atomic E-state index is 13.2. The molecule has 186 valence electrons. The fraction of sp³-hybridized carbons (Fsp3) is 0.654. The van der Waals surface area contributed by atoms with Gasteiger partial charge in [-0.3, -0.25) is 14.5 Å². The fourth-order valence-corrected chi connectivity index (χ4v) is 5.52. The molecule has 2 heterocycles. The summed E-state index contributed by atoms with van der Waals surface area (Å²) in [6.07, 6.45) is 6.95. The molecule has 0 spiro atoms. The van der Waals surface area contributed by atoms with Crippen LogP contribution in [-0.4, -0.2) is 84.4 Å². The van der Waals surface area contributed by atoms with E-state index in [9.17, 15) is 14.4 Å². The summed E-state index contributed by atoms with van der Waals surface area (Å²) < 4.78 is 0. The maximum absolute atomic E-state index is 13.2. The van der Waals surface area contributed by atoms with Crippen molar-refractivity contribution in [2.24, 2.45) is 5.92 Å². The van der Waals surface area contributed by atoms with Gasteiger partial charge < -0.3 is 20.4 Å². The van der Waals surface area contributed by atoms with Crippen molar-refractivity contribution in [2.45, 2.75) is 57.9 Å². The number of hydrogen-bond donors (Lipinski definition) is 2. The predicted octanol–water partition coefficient (Wildman–Crippen LogP) is 2.83. The molecule has 0 radical (unpaired) electrons. The van der Waals surface area contributed by atoms with E-state index < -0.39 is 0 Å². The molecule has 0 unspecified atom stereocenters. The van der Waals surface area contributed by atoms with Gasteiger partial charge in [-0.1, -0.05) is 30.5 Å². The summed E-state index contributed by atoms with van der Waals surface area (Å²) in [6, 6.07) is 7.61. The molecule has 1 aliphatic carbocycles. The number of carbonyl (C=O) groups excluding carboxylic acids is 3. The summed E-state index contributed by atoms with van der Waals surface area (Å²) in [4.78, 5) is 43.8. The highest BCUT2D eigenvalue weighted by atomic mass is 16.2. The minimum atomic E-state index is -0.127. The molecule has 1 saturated carbocycles. The lowest BCUT2D eigenvalue weighted by atomic mass is 9.95. The van der Waals surface area contributed by atoms with Crippen molar-refractivity contribution in [3.8, 4) is 0 Å². The van der Waals surface area contributed by atoms with Gasteiger partial charge in [-0.2, -0.15) is 0 Å². The standard InChI is InChI=1S/C26H39N5O3/c1-20-9-11-22(12-10-20)28-26(34)31-18-16-30(17-19-31)24(21-6-2-3-7-21)25(33)27-13-5-15-29-14-4-8-23(29)32/h9-12,21,24H,2-8,13-19H2,1H3,(H,27,33)(H,28,34)/t24-/m1/s1. The van der Waals surface area contributed by atoms with E-state index in [1.807, 2.05) is 41.0 Å². The average Bonchev–Trinajstić information content (AvgIpc) is 3.51. The average molecular weight is 470 g/mol. The predicted molar refractivity (Wildman–Crippen MR) is 133 cm³/mol. The molecule has 0 aromatic heterocycles. The van der Waals surface area contributed by atoms with Gasteiger partial charge >= 0.3 is 6.03 Å². The number of nitrogens with one attached hydrogen (secondary N) is 2. The molecule has 0 bridgehead atoms. The Morgan fingerprint density at radius 1 is 1.00 bits per heavy atom. The maximum Gasteiger partial charge on any atom is 0.321 e. The van der Waals surface area contributed by atoms with Gasteiger partial charge in [0.05, 0.1) is 6.04 Å². The van der Waals surface area contributed by atoms with E-state index >= 15 is 0 Å². The first-order chi connectivity index (χ1) is 16.5. The van der Waals surface area contributed by atoms with Crippen LogP contribution in [0, 0.1) is 12.8 Å². The Morgan fingerprint density at radius 2 is 1.71 bits per heavy atom. The van der Waals surface area contributed by atoms with E-state index in [4.69, 9.17) is 0 Å². The van der Waals surface area contributed by atoms with Gasteiger partial charge in [0, 0.05) is 57.9 Å². The number of hydrogen-bond acceptors (Lipinski definition) is 4. The number of carbonyl (C=O) groups is 3. The minimum Gasteiger partial charge on any atom is -0.355 e.